The molecule has 0 bridgehead atoms. The maximum atomic E-state index is 13.1. The van der Waals surface area contributed by atoms with Crippen LogP contribution in [0.4, 0.5) is 0 Å². The lowest BCUT2D eigenvalue weighted by atomic mass is 10.0. The second-order valence-electron chi connectivity index (χ2n) is 8.11. The summed E-state index contributed by atoms with van der Waals surface area (Å²) in [5.41, 5.74) is 4.01. The molecule has 1 N–H and O–H groups in total. The summed E-state index contributed by atoms with van der Waals surface area (Å²) in [4.78, 5) is 19.5. The van der Waals surface area contributed by atoms with Gasteiger partial charge in [-0.2, -0.15) is 0 Å². The molecular formula is C22H32Cl2N4O. The number of halogens is 2. The van der Waals surface area contributed by atoms with Gasteiger partial charge in [0.25, 0.3) is 5.91 Å². The van der Waals surface area contributed by atoms with Crippen LogP contribution in [0.2, 0.25) is 0 Å². The third-order valence-electron chi connectivity index (χ3n) is 6.02. The minimum absolute atomic E-state index is 0. The molecule has 160 valence electrons. The van der Waals surface area contributed by atoms with Crippen LogP contribution in [0.15, 0.2) is 30.5 Å². The van der Waals surface area contributed by atoms with E-state index in [9.17, 15) is 4.79 Å². The summed E-state index contributed by atoms with van der Waals surface area (Å²) in [6.07, 6.45) is 6.71. The van der Waals surface area contributed by atoms with Crippen molar-refractivity contribution >= 4 is 30.7 Å². The Kier molecular flexibility index (Phi) is 8.56. The minimum Gasteiger partial charge on any atom is -0.342 e. The van der Waals surface area contributed by atoms with Crippen molar-refractivity contribution in [2.24, 2.45) is 5.92 Å². The number of hydrogen-bond donors (Lipinski definition) is 1. The van der Waals surface area contributed by atoms with E-state index in [1.165, 1.54) is 12.8 Å². The quantitative estimate of drug-likeness (QED) is 0.741. The van der Waals surface area contributed by atoms with Crippen molar-refractivity contribution in [3.05, 3.63) is 53.1 Å². The monoisotopic (exact) mass is 438 g/mol. The number of pyridine rings is 1. The first-order chi connectivity index (χ1) is 13.1. The Morgan fingerprint density at radius 2 is 1.86 bits per heavy atom. The van der Waals surface area contributed by atoms with Gasteiger partial charge in [-0.3, -0.25) is 9.78 Å². The smallest absolute Gasteiger partial charge is 0.255 e. The SMILES string of the molecule is Cc1cc(C(=O)N2CCC(NCC3CC3)CC2)c(C)n1Cc1ccccn1.Cl.Cl. The van der Waals surface area contributed by atoms with Crippen LogP contribution in [0.3, 0.4) is 0 Å². The highest BCUT2D eigenvalue weighted by Gasteiger charge is 2.27. The standard InChI is InChI=1S/C22H30N4O.2ClH/c1-16-13-21(17(2)26(16)15-20-5-3-4-10-23-20)22(27)25-11-8-19(9-12-25)24-14-18-6-7-18;;/h3-5,10,13,18-19,24H,6-9,11-12,14-15H2,1-2H3;2*1H. The second kappa shape index (κ2) is 10.5. The molecule has 29 heavy (non-hydrogen) atoms. The average Bonchev–Trinajstić information content (AvgIpc) is 3.49. The van der Waals surface area contributed by atoms with Crippen molar-refractivity contribution in [3.8, 4) is 0 Å². The Bertz CT molecular complexity index is 797. The predicted octanol–water partition coefficient (Wildman–Crippen LogP) is 4.00. The fraction of sp³-hybridized carbons (Fsp3) is 0.545. The number of nitrogens with one attached hydrogen (secondary N) is 1. The summed E-state index contributed by atoms with van der Waals surface area (Å²) >= 11 is 0. The van der Waals surface area contributed by atoms with Gasteiger partial charge in [-0.15, -0.1) is 24.8 Å². The van der Waals surface area contributed by atoms with Crippen molar-refractivity contribution in [3.63, 3.8) is 0 Å². The van der Waals surface area contributed by atoms with Gasteiger partial charge in [-0.05, 0) is 70.2 Å². The largest absolute Gasteiger partial charge is 0.342 e. The maximum Gasteiger partial charge on any atom is 0.255 e. The summed E-state index contributed by atoms with van der Waals surface area (Å²) in [5, 5.41) is 3.69. The molecule has 1 saturated carbocycles. The van der Waals surface area contributed by atoms with Gasteiger partial charge in [-0.25, -0.2) is 0 Å². The summed E-state index contributed by atoms with van der Waals surface area (Å²) in [6.45, 7) is 7.69. The molecule has 2 aromatic heterocycles. The Morgan fingerprint density at radius 1 is 1.14 bits per heavy atom. The Balaban J connectivity index is 0.00000150. The molecule has 5 nitrogen and oxygen atoms in total. The van der Waals surface area contributed by atoms with Crippen LogP contribution >= 0.6 is 24.8 Å². The molecular weight excluding hydrogens is 407 g/mol. The van der Waals surface area contributed by atoms with Gasteiger partial charge in [0.1, 0.15) is 0 Å². The normalized spacial score (nSPS) is 16.8. The fourth-order valence-electron chi connectivity index (χ4n) is 4.03. The number of aryl methyl sites for hydroxylation is 1. The number of likely N-dealkylation sites (tertiary alicyclic amines) is 1. The first-order valence-corrected chi connectivity index (χ1v) is 10.2. The molecule has 2 fully saturated rings. The van der Waals surface area contributed by atoms with Crippen LogP contribution < -0.4 is 5.32 Å². The number of carbonyl (C=O) groups excluding carboxylic acids is 1. The summed E-state index contributed by atoms with van der Waals surface area (Å²) in [7, 11) is 0. The third kappa shape index (κ3) is 5.74. The minimum atomic E-state index is 0. The molecule has 0 atom stereocenters. The van der Waals surface area contributed by atoms with E-state index >= 15 is 0 Å². The highest BCUT2D eigenvalue weighted by Crippen LogP contribution is 2.28. The average molecular weight is 439 g/mol. The zero-order chi connectivity index (χ0) is 18.8. The van der Waals surface area contributed by atoms with Crippen molar-refractivity contribution in [1.29, 1.82) is 0 Å². The number of hydrogen-bond acceptors (Lipinski definition) is 3. The molecule has 1 aliphatic heterocycles. The van der Waals surface area contributed by atoms with E-state index in [2.05, 4.69) is 21.8 Å². The number of rotatable bonds is 6. The molecule has 1 amide bonds. The second-order valence-corrected chi connectivity index (χ2v) is 8.11. The predicted molar refractivity (Wildman–Crippen MR) is 121 cm³/mol. The van der Waals surface area contributed by atoms with Crippen LogP contribution in [0, 0.1) is 19.8 Å². The summed E-state index contributed by atoms with van der Waals surface area (Å²) in [6, 6.07) is 8.57. The topological polar surface area (TPSA) is 50.2 Å². The van der Waals surface area contributed by atoms with Gasteiger partial charge < -0.3 is 14.8 Å². The maximum absolute atomic E-state index is 13.1. The molecule has 0 aromatic carbocycles. The Labute approximate surface area is 186 Å². The van der Waals surface area contributed by atoms with E-state index in [0.29, 0.717) is 12.6 Å². The van der Waals surface area contributed by atoms with Crippen LogP contribution in [0.25, 0.3) is 0 Å². The first kappa shape index (κ1) is 23.7. The van der Waals surface area contributed by atoms with Crippen LogP contribution in [-0.2, 0) is 6.54 Å². The molecule has 2 aromatic rings. The highest BCUT2D eigenvalue weighted by molar-refractivity contribution is 5.95. The van der Waals surface area contributed by atoms with Crippen LogP contribution in [0.1, 0.15) is 53.1 Å². The lowest BCUT2D eigenvalue weighted by molar-refractivity contribution is 0.0704. The summed E-state index contributed by atoms with van der Waals surface area (Å²) in [5.74, 6) is 1.09. The lowest BCUT2D eigenvalue weighted by Crippen LogP contribution is -2.45. The zero-order valence-electron chi connectivity index (χ0n) is 17.3. The number of amides is 1. The highest BCUT2D eigenvalue weighted by atomic mass is 35.5. The van der Waals surface area contributed by atoms with E-state index in [1.54, 1.807) is 0 Å². The van der Waals surface area contributed by atoms with E-state index in [-0.39, 0.29) is 30.7 Å². The molecule has 1 saturated heterocycles. The van der Waals surface area contributed by atoms with Crippen molar-refractivity contribution in [2.45, 2.75) is 52.1 Å². The molecule has 7 heteroatoms. The number of piperidine rings is 1. The lowest BCUT2D eigenvalue weighted by Gasteiger charge is -2.32. The van der Waals surface area contributed by atoms with E-state index in [1.807, 2.05) is 42.3 Å². The van der Waals surface area contributed by atoms with Gasteiger partial charge in [0.15, 0.2) is 0 Å². The summed E-state index contributed by atoms with van der Waals surface area (Å²) < 4.78 is 2.19. The number of nitrogens with zero attached hydrogens (tertiary/aromatic N) is 3. The van der Waals surface area contributed by atoms with Gasteiger partial charge >= 0.3 is 0 Å². The van der Waals surface area contributed by atoms with Crippen molar-refractivity contribution in [2.75, 3.05) is 19.6 Å². The molecule has 1 aliphatic carbocycles. The van der Waals surface area contributed by atoms with Gasteiger partial charge in [0, 0.05) is 36.7 Å². The number of carbonyl (C=O) groups is 1. The Hall–Kier alpha value is -1.56. The first-order valence-electron chi connectivity index (χ1n) is 10.2. The molecule has 0 unspecified atom stereocenters. The van der Waals surface area contributed by atoms with Gasteiger partial charge in [0.05, 0.1) is 17.8 Å². The van der Waals surface area contributed by atoms with Gasteiger partial charge in [-0.1, -0.05) is 6.07 Å². The van der Waals surface area contributed by atoms with Crippen molar-refractivity contribution in [1.82, 2.24) is 19.8 Å². The van der Waals surface area contributed by atoms with E-state index < -0.39 is 0 Å². The van der Waals surface area contributed by atoms with Crippen molar-refractivity contribution < 1.29 is 4.79 Å². The molecule has 0 radical (unpaired) electrons. The molecule has 4 rings (SSSR count). The number of aromatic nitrogens is 2. The van der Waals surface area contributed by atoms with E-state index in [4.69, 9.17) is 0 Å². The zero-order valence-corrected chi connectivity index (χ0v) is 18.9. The van der Waals surface area contributed by atoms with Gasteiger partial charge in [0.2, 0.25) is 0 Å². The molecule has 2 aliphatic rings. The molecule has 3 heterocycles. The van der Waals surface area contributed by atoms with Crippen LogP contribution in [-0.4, -0.2) is 46.0 Å². The molecule has 0 spiro atoms. The third-order valence-corrected chi connectivity index (χ3v) is 6.02. The van der Waals surface area contributed by atoms with Crippen LogP contribution in [0.5, 0.6) is 0 Å². The van der Waals surface area contributed by atoms with E-state index in [0.717, 1.165) is 61.0 Å². The Morgan fingerprint density at radius 3 is 2.48 bits per heavy atom. The fourth-order valence-corrected chi connectivity index (χ4v) is 4.03.